The van der Waals surface area contributed by atoms with Gasteiger partial charge in [-0.25, -0.2) is 0 Å². The second kappa shape index (κ2) is 6.49. The lowest BCUT2D eigenvalue weighted by atomic mass is 10.0. The minimum absolute atomic E-state index is 0.0155. The Balaban J connectivity index is 0.000000170. The molecule has 0 saturated heterocycles. The number of carbonyl (C=O) groups is 1. The van der Waals surface area contributed by atoms with Crippen LogP contribution in [-0.2, 0) is 4.79 Å². The number of benzene rings is 1. The van der Waals surface area contributed by atoms with Gasteiger partial charge in [-0.2, -0.15) is 0 Å². The van der Waals surface area contributed by atoms with Crippen LogP contribution in [0.15, 0.2) is 59.7 Å². The average molecular weight is 288 g/mol. The van der Waals surface area contributed by atoms with Crippen molar-refractivity contribution in [2.75, 3.05) is 6.61 Å². The second-order valence-electron chi connectivity index (χ2n) is 4.70. The van der Waals surface area contributed by atoms with Crippen LogP contribution in [0, 0.1) is 0 Å². The number of phenols is 1. The van der Waals surface area contributed by atoms with Gasteiger partial charge in [0.25, 0.3) is 0 Å². The molecule has 2 unspecified atom stereocenters. The largest absolute Gasteiger partial charge is 0.508 e. The molecule has 1 aromatic rings. The number of carbonyl (C=O) groups excluding carboxylic acids is 1. The van der Waals surface area contributed by atoms with Gasteiger partial charge in [-0.1, -0.05) is 36.4 Å². The number of ketones is 1. The van der Waals surface area contributed by atoms with Crippen LogP contribution in [0.1, 0.15) is 11.7 Å². The zero-order valence-electron chi connectivity index (χ0n) is 11.2. The van der Waals surface area contributed by atoms with Crippen molar-refractivity contribution in [3.8, 4) is 5.75 Å². The van der Waals surface area contributed by atoms with E-state index in [1.54, 1.807) is 12.1 Å². The molecule has 2 aliphatic rings. The van der Waals surface area contributed by atoms with Gasteiger partial charge in [0, 0.05) is 11.1 Å². The first-order chi connectivity index (χ1) is 10.0. The first-order valence-corrected chi connectivity index (χ1v) is 6.43. The number of hydrogen-bond acceptors (Lipinski definition) is 5. The van der Waals surface area contributed by atoms with Crippen molar-refractivity contribution in [3.63, 3.8) is 0 Å². The van der Waals surface area contributed by atoms with Crippen molar-refractivity contribution in [2.45, 2.75) is 12.2 Å². The van der Waals surface area contributed by atoms with Crippen LogP contribution < -0.4 is 0 Å². The van der Waals surface area contributed by atoms with E-state index >= 15 is 0 Å². The van der Waals surface area contributed by atoms with Crippen molar-refractivity contribution in [1.29, 1.82) is 0 Å². The molecule has 1 aromatic carbocycles. The summed E-state index contributed by atoms with van der Waals surface area (Å²) in [6.45, 7) is -0.517. The van der Waals surface area contributed by atoms with Crippen molar-refractivity contribution < 1.29 is 25.2 Å². The molecule has 0 fully saturated rings. The second-order valence-corrected chi connectivity index (χ2v) is 4.70. The topological polar surface area (TPSA) is 98.0 Å². The first-order valence-electron chi connectivity index (χ1n) is 6.43. The highest BCUT2D eigenvalue weighted by atomic mass is 16.4. The van der Waals surface area contributed by atoms with E-state index in [2.05, 4.69) is 0 Å². The zero-order chi connectivity index (χ0) is 15.4. The highest BCUT2D eigenvalue weighted by molar-refractivity contribution is 6.17. The predicted octanol–water partition coefficient (Wildman–Crippen LogP) is 0.770. The molecule has 2 atom stereocenters. The van der Waals surface area contributed by atoms with Crippen molar-refractivity contribution in [2.24, 2.45) is 0 Å². The molecule has 5 nitrogen and oxygen atoms in total. The molecular formula is C16H16O5. The van der Waals surface area contributed by atoms with Crippen LogP contribution >= 0.6 is 0 Å². The summed E-state index contributed by atoms with van der Waals surface area (Å²) in [4.78, 5) is 10.8. The lowest BCUT2D eigenvalue weighted by molar-refractivity contribution is -0.111. The Hall–Kier alpha value is -2.21. The molecule has 0 heterocycles. The van der Waals surface area contributed by atoms with E-state index in [9.17, 15) is 9.90 Å². The number of Topliss-reactive ketones (excluding diaryl/α,β-unsaturated/α-hetero) is 1. The number of hydrogen-bond donors (Lipinski definition) is 4. The van der Waals surface area contributed by atoms with Gasteiger partial charge in [-0.3, -0.25) is 4.79 Å². The Morgan fingerprint density at radius 1 is 1.05 bits per heavy atom. The smallest absolute Gasteiger partial charge is 0.193 e. The van der Waals surface area contributed by atoms with E-state index < -0.39 is 18.8 Å². The molecule has 110 valence electrons. The third kappa shape index (κ3) is 3.46. The molecule has 0 aromatic heterocycles. The Morgan fingerprint density at radius 2 is 1.67 bits per heavy atom. The molecule has 0 spiro atoms. The minimum atomic E-state index is -1.22. The van der Waals surface area contributed by atoms with Gasteiger partial charge in [-0.15, -0.1) is 0 Å². The van der Waals surface area contributed by atoms with Gasteiger partial charge in [0.2, 0.25) is 0 Å². The summed E-state index contributed by atoms with van der Waals surface area (Å²) in [5, 5.41) is 36.1. The van der Waals surface area contributed by atoms with Crippen LogP contribution in [0.2, 0.25) is 0 Å². The van der Waals surface area contributed by atoms with E-state index in [-0.39, 0.29) is 11.5 Å². The third-order valence-electron chi connectivity index (χ3n) is 3.17. The van der Waals surface area contributed by atoms with Gasteiger partial charge >= 0.3 is 0 Å². The Bertz CT molecular complexity index is 603. The third-order valence-corrected chi connectivity index (χ3v) is 3.17. The fraction of sp³-hybridized carbons (Fsp3) is 0.188. The van der Waals surface area contributed by atoms with E-state index in [0.29, 0.717) is 5.56 Å². The molecule has 2 bridgehead atoms. The maximum absolute atomic E-state index is 10.8. The van der Waals surface area contributed by atoms with Gasteiger partial charge in [0.15, 0.2) is 5.78 Å². The van der Waals surface area contributed by atoms with Gasteiger partial charge < -0.3 is 20.4 Å². The van der Waals surface area contributed by atoms with E-state index in [0.717, 1.165) is 11.1 Å². The molecular weight excluding hydrogens is 272 g/mol. The summed E-state index contributed by atoms with van der Waals surface area (Å²) in [6.07, 6.45) is 4.99. The fourth-order valence-electron chi connectivity index (χ4n) is 1.97. The Morgan fingerprint density at radius 3 is 2.05 bits per heavy atom. The molecule has 5 heteroatoms. The van der Waals surface area contributed by atoms with Crippen LogP contribution in [0.3, 0.4) is 0 Å². The number of rotatable bonds is 3. The lowest BCUT2D eigenvalue weighted by Crippen LogP contribution is -2.21. The lowest BCUT2D eigenvalue weighted by Gasteiger charge is -2.15. The van der Waals surface area contributed by atoms with Crippen molar-refractivity contribution in [3.05, 3.63) is 65.3 Å². The summed E-state index contributed by atoms with van der Waals surface area (Å²) >= 11 is 0. The van der Waals surface area contributed by atoms with Gasteiger partial charge in [0.05, 0.1) is 6.61 Å². The Labute approximate surface area is 121 Å². The van der Waals surface area contributed by atoms with Crippen LogP contribution in [-0.4, -0.2) is 38.9 Å². The van der Waals surface area contributed by atoms with Crippen LogP contribution in [0.25, 0.3) is 0 Å². The summed E-state index contributed by atoms with van der Waals surface area (Å²) in [7, 11) is 0. The molecule has 4 N–H and O–H groups in total. The van der Waals surface area contributed by atoms with Crippen molar-refractivity contribution in [1.82, 2.24) is 0 Å². The zero-order valence-corrected chi connectivity index (χ0v) is 11.2. The van der Waals surface area contributed by atoms with Gasteiger partial charge in [0.1, 0.15) is 18.0 Å². The van der Waals surface area contributed by atoms with Crippen LogP contribution in [0.5, 0.6) is 5.75 Å². The monoisotopic (exact) mass is 288 g/mol. The minimum Gasteiger partial charge on any atom is -0.508 e. The molecule has 3 rings (SSSR count). The molecule has 21 heavy (non-hydrogen) atoms. The van der Waals surface area contributed by atoms with E-state index in [1.807, 2.05) is 24.3 Å². The quantitative estimate of drug-likeness (QED) is 0.658. The van der Waals surface area contributed by atoms with Crippen molar-refractivity contribution >= 4 is 5.78 Å². The summed E-state index contributed by atoms with van der Waals surface area (Å²) in [5.74, 6) is 0.201. The molecule has 0 saturated carbocycles. The van der Waals surface area contributed by atoms with Gasteiger partial charge in [-0.05, 0) is 17.7 Å². The number of aromatic hydroxyl groups is 1. The summed E-state index contributed by atoms with van der Waals surface area (Å²) < 4.78 is 0. The number of phenolic OH excluding ortho intramolecular Hbond substituents is 1. The SMILES string of the molecule is O=C1C2=CC=C1C=C2.OCC(O)C(O)c1cccc(O)c1. The molecule has 0 radical (unpaired) electrons. The summed E-state index contributed by atoms with van der Waals surface area (Å²) in [6, 6.07) is 5.91. The normalized spacial score (nSPS) is 17.8. The molecule has 2 aliphatic carbocycles. The number of aliphatic hydroxyl groups excluding tert-OH is 3. The molecule has 0 aliphatic heterocycles. The maximum atomic E-state index is 10.8. The molecule has 0 amide bonds. The average Bonchev–Trinajstić information content (AvgIpc) is 3.04. The first kappa shape index (κ1) is 15.2. The summed E-state index contributed by atoms with van der Waals surface area (Å²) in [5.41, 5.74) is 2.04. The highest BCUT2D eigenvalue weighted by Crippen LogP contribution is 2.23. The number of allylic oxidation sites excluding steroid dienone is 6. The maximum Gasteiger partial charge on any atom is 0.193 e. The number of aliphatic hydroxyl groups is 3. The number of fused-ring (bicyclic) bond motifs is 2. The van der Waals surface area contributed by atoms with Crippen LogP contribution in [0.4, 0.5) is 0 Å². The van der Waals surface area contributed by atoms with E-state index in [1.165, 1.54) is 12.1 Å². The highest BCUT2D eigenvalue weighted by Gasteiger charge is 2.20. The van der Waals surface area contributed by atoms with E-state index in [4.69, 9.17) is 15.3 Å². The fourth-order valence-corrected chi connectivity index (χ4v) is 1.97. The standard InChI is InChI=1S/C9H12O4.C7H4O/c10-5-8(12)9(13)6-2-1-3-7(11)4-6;8-7-5-1-2-6(7)4-3-5/h1-4,8-13H,5H2;1-4H. The Kier molecular flexibility index (Phi) is 4.70. The predicted molar refractivity (Wildman–Crippen MR) is 76.5 cm³/mol.